The Morgan fingerprint density at radius 1 is 1.04 bits per heavy atom. The van der Waals surface area contributed by atoms with E-state index in [2.05, 4.69) is 13.0 Å². The number of allylic oxidation sites excluding steroid dienone is 2. The van der Waals surface area contributed by atoms with Crippen molar-refractivity contribution in [1.82, 2.24) is 0 Å². The Labute approximate surface area is 145 Å². The Kier molecular flexibility index (Phi) is 15.1. The number of carbonyl (C=O) groups excluding carboxylic acids is 2. The van der Waals surface area contributed by atoms with Gasteiger partial charge in [-0.2, -0.15) is 0 Å². The molecule has 0 aromatic carbocycles. The first-order valence-corrected chi connectivity index (χ1v) is 8.87. The number of hydrogen-bond donors (Lipinski definition) is 1. The fourth-order valence-corrected chi connectivity index (χ4v) is 1.99. The van der Waals surface area contributed by atoms with Crippen LogP contribution in [0.15, 0.2) is 24.3 Å². The lowest BCUT2D eigenvalue weighted by atomic mass is 10.1. The van der Waals surface area contributed by atoms with Crippen molar-refractivity contribution in [2.75, 3.05) is 13.2 Å². The van der Waals surface area contributed by atoms with E-state index in [1.165, 1.54) is 19.8 Å². The van der Waals surface area contributed by atoms with Gasteiger partial charge in [0.05, 0.1) is 6.61 Å². The molecule has 5 nitrogen and oxygen atoms in total. The third-order valence-corrected chi connectivity index (χ3v) is 3.25. The minimum atomic E-state index is -0.337. The molecule has 0 radical (unpaired) electrons. The molecule has 1 atom stereocenters. The molecular formula is C19H32O5. The van der Waals surface area contributed by atoms with Gasteiger partial charge < -0.3 is 14.6 Å². The van der Waals surface area contributed by atoms with Crippen molar-refractivity contribution in [2.24, 2.45) is 0 Å². The van der Waals surface area contributed by atoms with Gasteiger partial charge in [0.2, 0.25) is 0 Å². The summed E-state index contributed by atoms with van der Waals surface area (Å²) >= 11 is 0. The first kappa shape index (κ1) is 22.4. The molecule has 0 amide bonds. The third kappa shape index (κ3) is 15.3. The number of aliphatic hydroxyl groups excluding tert-OH is 1. The monoisotopic (exact) mass is 340 g/mol. The maximum absolute atomic E-state index is 11.2. The van der Waals surface area contributed by atoms with E-state index in [-0.39, 0.29) is 31.1 Å². The Hall–Kier alpha value is -1.62. The number of ether oxygens (including phenoxy) is 2. The van der Waals surface area contributed by atoms with Gasteiger partial charge in [-0.3, -0.25) is 9.59 Å². The fraction of sp³-hybridized carbons (Fsp3) is 0.684. The second kappa shape index (κ2) is 16.2. The van der Waals surface area contributed by atoms with Crippen LogP contribution in [0, 0.1) is 0 Å². The quantitative estimate of drug-likeness (QED) is 0.296. The molecule has 0 aliphatic heterocycles. The van der Waals surface area contributed by atoms with Crippen molar-refractivity contribution in [3.8, 4) is 0 Å². The summed E-state index contributed by atoms with van der Waals surface area (Å²) < 4.78 is 10.3. The summed E-state index contributed by atoms with van der Waals surface area (Å²) in [5.41, 5.74) is 0. The van der Waals surface area contributed by atoms with Crippen molar-refractivity contribution in [1.29, 1.82) is 0 Å². The normalized spacial score (nSPS) is 12.6. The molecule has 0 saturated carbocycles. The van der Waals surface area contributed by atoms with Crippen molar-refractivity contribution >= 4 is 11.9 Å². The smallest absolute Gasteiger partial charge is 0.305 e. The molecule has 1 N–H and O–H groups in total. The molecule has 0 spiro atoms. The molecule has 0 unspecified atom stereocenters. The second-order valence-electron chi connectivity index (χ2n) is 5.62. The molecule has 24 heavy (non-hydrogen) atoms. The average Bonchev–Trinajstić information content (AvgIpc) is 2.55. The first-order valence-electron chi connectivity index (χ1n) is 8.87. The van der Waals surface area contributed by atoms with E-state index >= 15 is 0 Å². The summed E-state index contributed by atoms with van der Waals surface area (Å²) in [5, 5.41) is 8.62. The standard InChI is InChI=1S/C19H32O5/c1-3-4-5-6-8-12-18(24-17(2)21)13-9-7-10-16-23-19(22)14-11-15-20/h8-9,12-13,18,20H,3-7,10-11,14-16H2,1-2H3/b12-8-,13-9-/t18-/m1/s1. The topological polar surface area (TPSA) is 72.8 Å². The van der Waals surface area contributed by atoms with E-state index in [4.69, 9.17) is 14.6 Å². The van der Waals surface area contributed by atoms with E-state index in [1.54, 1.807) is 0 Å². The van der Waals surface area contributed by atoms with Crippen molar-refractivity contribution in [3.05, 3.63) is 24.3 Å². The van der Waals surface area contributed by atoms with Crippen LogP contribution in [-0.4, -0.2) is 36.4 Å². The highest BCUT2D eigenvalue weighted by Gasteiger charge is 2.03. The van der Waals surface area contributed by atoms with E-state index in [9.17, 15) is 9.59 Å². The minimum absolute atomic E-state index is 0.00133. The van der Waals surface area contributed by atoms with E-state index in [0.717, 1.165) is 19.3 Å². The van der Waals surface area contributed by atoms with Crippen LogP contribution in [0.4, 0.5) is 0 Å². The van der Waals surface area contributed by atoms with Crippen LogP contribution in [0.3, 0.4) is 0 Å². The number of rotatable bonds is 14. The highest BCUT2D eigenvalue weighted by atomic mass is 16.5. The number of carbonyl (C=O) groups is 2. The van der Waals surface area contributed by atoms with Crippen LogP contribution in [0.1, 0.15) is 65.2 Å². The highest BCUT2D eigenvalue weighted by molar-refractivity contribution is 5.69. The van der Waals surface area contributed by atoms with Crippen LogP contribution in [0.2, 0.25) is 0 Å². The lowest BCUT2D eigenvalue weighted by molar-refractivity contribution is -0.144. The molecule has 0 heterocycles. The molecular weight excluding hydrogens is 308 g/mol. The van der Waals surface area contributed by atoms with E-state index in [0.29, 0.717) is 19.4 Å². The van der Waals surface area contributed by atoms with Crippen LogP contribution in [0.25, 0.3) is 0 Å². The summed E-state index contributed by atoms with van der Waals surface area (Å²) in [5.74, 6) is -0.582. The van der Waals surface area contributed by atoms with Crippen LogP contribution < -0.4 is 0 Å². The van der Waals surface area contributed by atoms with Gasteiger partial charge in [0.25, 0.3) is 0 Å². The Bertz CT molecular complexity index is 387. The second-order valence-corrected chi connectivity index (χ2v) is 5.62. The Balaban J connectivity index is 3.99. The Morgan fingerprint density at radius 3 is 2.29 bits per heavy atom. The van der Waals surface area contributed by atoms with Crippen LogP contribution in [-0.2, 0) is 19.1 Å². The number of aliphatic hydroxyl groups is 1. The summed E-state index contributed by atoms with van der Waals surface area (Å²) in [4.78, 5) is 22.4. The third-order valence-electron chi connectivity index (χ3n) is 3.25. The van der Waals surface area contributed by atoms with Crippen molar-refractivity contribution in [3.63, 3.8) is 0 Å². The van der Waals surface area contributed by atoms with Gasteiger partial charge in [0.1, 0.15) is 6.10 Å². The Morgan fingerprint density at radius 2 is 1.71 bits per heavy atom. The van der Waals surface area contributed by atoms with E-state index < -0.39 is 0 Å². The molecule has 0 aromatic heterocycles. The maximum atomic E-state index is 11.2. The number of unbranched alkanes of at least 4 members (excludes halogenated alkanes) is 4. The molecule has 0 saturated heterocycles. The van der Waals surface area contributed by atoms with Gasteiger partial charge in [-0.25, -0.2) is 0 Å². The molecule has 138 valence electrons. The molecule has 0 bridgehead atoms. The maximum Gasteiger partial charge on any atom is 0.305 e. The molecule has 0 rings (SSSR count). The van der Waals surface area contributed by atoms with Gasteiger partial charge in [0, 0.05) is 20.0 Å². The van der Waals surface area contributed by atoms with Crippen molar-refractivity contribution in [2.45, 2.75) is 71.3 Å². The minimum Gasteiger partial charge on any atom is -0.466 e. The number of esters is 2. The van der Waals surface area contributed by atoms with Gasteiger partial charge in [-0.05, 0) is 44.3 Å². The van der Waals surface area contributed by atoms with Crippen LogP contribution >= 0.6 is 0 Å². The predicted octanol–water partition coefficient (Wildman–Crippen LogP) is 3.71. The predicted molar refractivity (Wildman–Crippen MR) is 94.5 cm³/mol. The highest BCUT2D eigenvalue weighted by Crippen LogP contribution is 2.05. The molecule has 0 aliphatic rings. The lowest BCUT2D eigenvalue weighted by Crippen LogP contribution is -2.10. The summed E-state index contributed by atoms with van der Waals surface area (Å²) in [6, 6.07) is 0. The fourth-order valence-electron chi connectivity index (χ4n) is 1.99. The zero-order valence-corrected chi connectivity index (χ0v) is 15.0. The zero-order chi connectivity index (χ0) is 18.0. The van der Waals surface area contributed by atoms with Crippen molar-refractivity contribution < 1.29 is 24.2 Å². The van der Waals surface area contributed by atoms with Crippen LogP contribution in [0.5, 0.6) is 0 Å². The lowest BCUT2D eigenvalue weighted by Gasteiger charge is -2.08. The summed E-state index contributed by atoms with van der Waals surface area (Å²) in [6.07, 6.45) is 14.1. The molecule has 0 fully saturated rings. The zero-order valence-electron chi connectivity index (χ0n) is 15.0. The van der Waals surface area contributed by atoms with Gasteiger partial charge in [0.15, 0.2) is 0 Å². The summed E-state index contributed by atoms with van der Waals surface area (Å²) in [6.45, 7) is 3.93. The average molecular weight is 340 g/mol. The van der Waals surface area contributed by atoms with Gasteiger partial charge >= 0.3 is 11.9 Å². The van der Waals surface area contributed by atoms with Gasteiger partial charge in [-0.1, -0.05) is 31.9 Å². The largest absolute Gasteiger partial charge is 0.466 e. The molecule has 0 aromatic rings. The molecule has 0 aliphatic carbocycles. The molecule has 5 heteroatoms. The first-order chi connectivity index (χ1) is 11.6. The number of hydrogen-bond acceptors (Lipinski definition) is 5. The summed E-state index contributed by atoms with van der Waals surface area (Å²) in [7, 11) is 0. The van der Waals surface area contributed by atoms with E-state index in [1.807, 2.05) is 18.2 Å². The van der Waals surface area contributed by atoms with Gasteiger partial charge in [-0.15, -0.1) is 0 Å². The SMILES string of the molecule is CCCCC/C=C\[C@H](/C=C\CCCOC(=O)CCCO)OC(C)=O.